The summed E-state index contributed by atoms with van der Waals surface area (Å²) in [6.45, 7) is -1.05. The van der Waals surface area contributed by atoms with Crippen molar-refractivity contribution in [3.8, 4) is 5.75 Å². The summed E-state index contributed by atoms with van der Waals surface area (Å²) in [4.78, 5) is 0. The van der Waals surface area contributed by atoms with Crippen LogP contribution in [0.5, 0.6) is 5.75 Å². The minimum Gasteiger partial charge on any atom is -0.434 e. The lowest BCUT2D eigenvalue weighted by atomic mass is 10.2. The van der Waals surface area contributed by atoms with Crippen LogP contribution < -0.4 is 10.1 Å². The molecular weight excluding hydrogens is 176 g/mol. The standard InChI is InChI=1S/C9H11F2NO/c1-6-3-4-7(12-2)5-8(6)13-9(10)11/h3-5,9,12H,1-2H3. The van der Waals surface area contributed by atoms with Crippen LogP contribution in [0, 0.1) is 6.92 Å². The van der Waals surface area contributed by atoms with Gasteiger partial charge in [0.05, 0.1) is 0 Å². The number of anilines is 1. The lowest BCUT2D eigenvalue weighted by Gasteiger charge is -2.09. The van der Waals surface area contributed by atoms with Crippen molar-refractivity contribution >= 4 is 5.69 Å². The smallest absolute Gasteiger partial charge is 0.387 e. The van der Waals surface area contributed by atoms with Crippen molar-refractivity contribution in [3.05, 3.63) is 23.8 Å². The van der Waals surface area contributed by atoms with E-state index in [0.717, 1.165) is 5.69 Å². The quantitative estimate of drug-likeness (QED) is 0.785. The van der Waals surface area contributed by atoms with Crippen LogP contribution in [0.25, 0.3) is 0 Å². The van der Waals surface area contributed by atoms with Crippen molar-refractivity contribution in [2.45, 2.75) is 13.5 Å². The molecule has 1 rings (SSSR count). The highest BCUT2D eigenvalue weighted by Gasteiger charge is 2.07. The minimum atomic E-state index is -2.77. The fraction of sp³-hybridized carbons (Fsp3) is 0.333. The zero-order chi connectivity index (χ0) is 9.84. The Morgan fingerprint density at radius 3 is 2.62 bits per heavy atom. The maximum atomic E-state index is 11.9. The maximum Gasteiger partial charge on any atom is 0.387 e. The SMILES string of the molecule is CNc1ccc(C)c(OC(F)F)c1. The molecule has 0 aliphatic rings. The molecule has 0 spiro atoms. The van der Waals surface area contributed by atoms with Gasteiger partial charge in [-0.3, -0.25) is 0 Å². The van der Waals surface area contributed by atoms with Gasteiger partial charge in [0.25, 0.3) is 0 Å². The molecule has 0 saturated carbocycles. The number of halogens is 2. The number of rotatable bonds is 3. The number of aryl methyl sites for hydroxylation is 1. The largest absolute Gasteiger partial charge is 0.434 e. The van der Waals surface area contributed by atoms with Crippen LogP contribution >= 0.6 is 0 Å². The second-order valence-electron chi connectivity index (χ2n) is 2.61. The van der Waals surface area contributed by atoms with Crippen molar-refractivity contribution in [2.24, 2.45) is 0 Å². The highest BCUT2D eigenvalue weighted by Crippen LogP contribution is 2.23. The molecule has 0 aromatic heterocycles. The lowest BCUT2D eigenvalue weighted by Crippen LogP contribution is -2.03. The molecule has 0 radical (unpaired) electrons. The second kappa shape index (κ2) is 4.07. The highest BCUT2D eigenvalue weighted by atomic mass is 19.3. The van der Waals surface area contributed by atoms with Crippen molar-refractivity contribution in [1.29, 1.82) is 0 Å². The Morgan fingerprint density at radius 2 is 2.08 bits per heavy atom. The van der Waals surface area contributed by atoms with E-state index < -0.39 is 6.61 Å². The first kappa shape index (κ1) is 9.77. The molecule has 1 N–H and O–H groups in total. The lowest BCUT2D eigenvalue weighted by molar-refractivity contribution is -0.0502. The zero-order valence-corrected chi connectivity index (χ0v) is 7.47. The van der Waals surface area contributed by atoms with Gasteiger partial charge in [0, 0.05) is 18.8 Å². The first-order chi connectivity index (χ1) is 6.13. The number of ether oxygens (including phenoxy) is 1. The van der Waals surface area contributed by atoms with Gasteiger partial charge in [-0.05, 0) is 18.6 Å². The first-order valence-electron chi connectivity index (χ1n) is 3.86. The van der Waals surface area contributed by atoms with Gasteiger partial charge in [-0.2, -0.15) is 8.78 Å². The van der Waals surface area contributed by atoms with E-state index in [9.17, 15) is 8.78 Å². The molecule has 1 aromatic carbocycles. The Balaban J connectivity index is 2.90. The Kier molecular flexibility index (Phi) is 3.06. The normalized spacial score (nSPS) is 10.2. The van der Waals surface area contributed by atoms with Crippen molar-refractivity contribution in [1.82, 2.24) is 0 Å². The molecule has 0 amide bonds. The van der Waals surface area contributed by atoms with E-state index >= 15 is 0 Å². The van der Waals surface area contributed by atoms with Crippen LogP contribution in [0.2, 0.25) is 0 Å². The summed E-state index contributed by atoms with van der Waals surface area (Å²) in [7, 11) is 1.72. The van der Waals surface area contributed by atoms with Crippen LogP contribution in [-0.4, -0.2) is 13.7 Å². The molecule has 0 atom stereocenters. The van der Waals surface area contributed by atoms with E-state index in [1.807, 2.05) is 0 Å². The van der Waals surface area contributed by atoms with Crippen LogP contribution in [0.3, 0.4) is 0 Å². The van der Waals surface area contributed by atoms with Crippen molar-refractivity contribution < 1.29 is 13.5 Å². The first-order valence-corrected chi connectivity index (χ1v) is 3.86. The fourth-order valence-electron chi connectivity index (χ4n) is 0.979. The summed E-state index contributed by atoms with van der Waals surface area (Å²) in [6.07, 6.45) is 0. The molecule has 13 heavy (non-hydrogen) atoms. The highest BCUT2D eigenvalue weighted by molar-refractivity contribution is 5.50. The number of benzene rings is 1. The predicted molar refractivity (Wildman–Crippen MR) is 47.4 cm³/mol. The Labute approximate surface area is 75.5 Å². The molecule has 0 aliphatic carbocycles. The second-order valence-corrected chi connectivity index (χ2v) is 2.61. The third-order valence-corrected chi connectivity index (χ3v) is 1.69. The number of alkyl halides is 2. The summed E-state index contributed by atoms with van der Waals surface area (Å²) in [5.74, 6) is 0.210. The number of hydrogen-bond acceptors (Lipinski definition) is 2. The topological polar surface area (TPSA) is 21.3 Å². The van der Waals surface area contributed by atoms with Crippen LogP contribution in [0.4, 0.5) is 14.5 Å². The molecule has 0 heterocycles. The molecule has 2 nitrogen and oxygen atoms in total. The van der Waals surface area contributed by atoms with E-state index in [-0.39, 0.29) is 5.75 Å². The van der Waals surface area contributed by atoms with Crippen LogP contribution in [0.1, 0.15) is 5.56 Å². The molecule has 1 aromatic rings. The molecule has 0 fully saturated rings. The van der Waals surface area contributed by atoms with E-state index in [4.69, 9.17) is 0 Å². The van der Waals surface area contributed by atoms with Gasteiger partial charge < -0.3 is 10.1 Å². The third-order valence-electron chi connectivity index (χ3n) is 1.69. The Bertz CT molecular complexity index is 289. The number of nitrogens with one attached hydrogen (secondary N) is 1. The van der Waals surface area contributed by atoms with Gasteiger partial charge in [0.15, 0.2) is 0 Å². The molecule has 0 aliphatic heterocycles. The number of hydrogen-bond donors (Lipinski definition) is 1. The minimum absolute atomic E-state index is 0.210. The maximum absolute atomic E-state index is 11.9. The summed E-state index contributed by atoms with van der Waals surface area (Å²) < 4.78 is 28.1. The van der Waals surface area contributed by atoms with Gasteiger partial charge in [0.2, 0.25) is 0 Å². The molecule has 0 unspecified atom stereocenters. The van der Waals surface area contributed by atoms with E-state index in [0.29, 0.717) is 5.56 Å². The van der Waals surface area contributed by atoms with Gasteiger partial charge in [0.1, 0.15) is 5.75 Å². The summed E-state index contributed by atoms with van der Waals surface area (Å²) in [5.41, 5.74) is 1.44. The summed E-state index contributed by atoms with van der Waals surface area (Å²) >= 11 is 0. The molecule has 4 heteroatoms. The predicted octanol–water partition coefficient (Wildman–Crippen LogP) is 2.64. The van der Waals surface area contributed by atoms with E-state index in [1.54, 1.807) is 32.2 Å². The zero-order valence-electron chi connectivity index (χ0n) is 7.47. The molecule has 0 bridgehead atoms. The molecule has 72 valence electrons. The van der Waals surface area contributed by atoms with Gasteiger partial charge in [-0.15, -0.1) is 0 Å². The fourth-order valence-corrected chi connectivity index (χ4v) is 0.979. The van der Waals surface area contributed by atoms with Crippen LogP contribution in [-0.2, 0) is 0 Å². The van der Waals surface area contributed by atoms with Crippen molar-refractivity contribution in [3.63, 3.8) is 0 Å². The molecular formula is C9H11F2NO. The Hall–Kier alpha value is -1.32. The van der Waals surface area contributed by atoms with Gasteiger partial charge in [-0.1, -0.05) is 6.07 Å². The van der Waals surface area contributed by atoms with Gasteiger partial charge >= 0.3 is 6.61 Å². The molecule has 0 saturated heterocycles. The van der Waals surface area contributed by atoms with Crippen molar-refractivity contribution in [2.75, 3.05) is 12.4 Å². The monoisotopic (exact) mass is 187 g/mol. The van der Waals surface area contributed by atoms with Crippen LogP contribution in [0.15, 0.2) is 18.2 Å². The Morgan fingerprint density at radius 1 is 1.38 bits per heavy atom. The third kappa shape index (κ3) is 2.57. The average Bonchev–Trinajstić information content (AvgIpc) is 2.08. The van der Waals surface area contributed by atoms with E-state index in [2.05, 4.69) is 10.1 Å². The van der Waals surface area contributed by atoms with E-state index in [1.165, 1.54) is 0 Å². The average molecular weight is 187 g/mol. The summed E-state index contributed by atoms with van der Waals surface area (Å²) in [6, 6.07) is 5.07. The summed E-state index contributed by atoms with van der Waals surface area (Å²) in [5, 5.41) is 2.84. The van der Waals surface area contributed by atoms with Gasteiger partial charge in [-0.25, -0.2) is 0 Å².